The lowest BCUT2D eigenvalue weighted by atomic mass is 10.3. The highest BCUT2D eigenvalue weighted by Crippen LogP contribution is 2.16. The molecule has 1 fully saturated rings. The van der Waals surface area contributed by atoms with E-state index in [2.05, 4.69) is 12.4 Å². The van der Waals surface area contributed by atoms with Gasteiger partial charge in [0, 0.05) is 6.04 Å². The molecule has 1 aliphatic rings. The average molecular weight is 131 g/mol. The van der Waals surface area contributed by atoms with Crippen LogP contribution in [0, 0.1) is 0 Å². The Kier molecular flexibility index (Phi) is 4.19. The summed E-state index contributed by atoms with van der Waals surface area (Å²) < 4.78 is 0. The van der Waals surface area contributed by atoms with Crippen molar-refractivity contribution >= 4 is 11.0 Å². The van der Waals surface area contributed by atoms with Crippen LogP contribution in [-0.4, -0.2) is 24.1 Å². The molecular formula is C6H17NSi. The van der Waals surface area contributed by atoms with Crippen molar-refractivity contribution in [2.75, 3.05) is 7.05 Å². The van der Waals surface area contributed by atoms with Gasteiger partial charge >= 0.3 is 0 Å². The maximum Gasteiger partial charge on any atom is 0.00640 e. The molecule has 8 heavy (non-hydrogen) atoms. The number of hydrogen-bond donors (Lipinski definition) is 1. The zero-order valence-corrected chi connectivity index (χ0v) is 4.91. The highest BCUT2D eigenvalue weighted by molar-refractivity contribution is 5.75. The first-order valence-electron chi connectivity index (χ1n) is 3.11. The SMILES string of the molecule is CNC1CCCC1.[SiH4]. The smallest absolute Gasteiger partial charge is 0.00640 e. The third-order valence-electron chi connectivity index (χ3n) is 1.76. The van der Waals surface area contributed by atoms with Gasteiger partial charge in [-0.25, -0.2) is 0 Å². The Morgan fingerprint density at radius 3 is 2.00 bits per heavy atom. The lowest BCUT2D eigenvalue weighted by molar-refractivity contribution is 0.582. The van der Waals surface area contributed by atoms with Crippen molar-refractivity contribution < 1.29 is 0 Å². The molecule has 0 unspecified atom stereocenters. The van der Waals surface area contributed by atoms with Gasteiger partial charge in [0.05, 0.1) is 0 Å². The predicted molar refractivity (Wildman–Crippen MR) is 42.6 cm³/mol. The van der Waals surface area contributed by atoms with Gasteiger partial charge in [-0.3, -0.25) is 0 Å². The topological polar surface area (TPSA) is 12.0 Å². The summed E-state index contributed by atoms with van der Waals surface area (Å²) in [6, 6.07) is 0.847. The summed E-state index contributed by atoms with van der Waals surface area (Å²) in [6.45, 7) is 0. The van der Waals surface area contributed by atoms with Crippen molar-refractivity contribution in [1.82, 2.24) is 5.32 Å². The molecule has 0 aliphatic heterocycles. The van der Waals surface area contributed by atoms with Gasteiger partial charge in [-0.15, -0.1) is 0 Å². The minimum absolute atomic E-state index is 0. The van der Waals surface area contributed by atoms with E-state index in [-0.39, 0.29) is 11.0 Å². The van der Waals surface area contributed by atoms with Crippen molar-refractivity contribution in [2.24, 2.45) is 0 Å². The zero-order chi connectivity index (χ0) is 5.11. The second kappa shape index (κ2) is 4.10. The Morgan fingerprint density at radius 1 is 1.25 bits per heavy atom. The van der Waals surface area contributed by atoms with Gasteiger partial charge in [0.1, 0.15) is 0 Å². The Hall–Kier alpha value is 0.177. The number of nitrogens with one attached hydrogen (secondary N) is 1. The minimum Gasteiger partial charge on any atom is -0.317 e. The summed E-state index contributed by atoms with van der Waals surface area (Å²) >= 11 is 0. The van der Waals surface area contributed by atoms with Crippen LogP contribution in [0.15, 0.2) is 0 Å². The van der Waals surface area contributed by atoms with Gasteiger partial charge in [-0.05, 0) is 30.9 Å². The van der Waals surface area contributed by atoms with Crippen molar-refractivity contribution in [1.29, 1.82) is 0 Å². The highest BCUT2D eigenvalue weighted by atomic mass is 28.1. The molecule has 0 amide bonds. The molecule has 0 heterocycles. The van der Waals surface area contributed by atoms with E-state index in [9.17, 15) is 0 Å². The van der Waals surface area contributed by atoms with Crippen LogP contribution in [0.3, 0.4) is 0 Å². The molecule has 50 valence electrons. The first-order valence-corrected chi connectivity index (χ1v) is 3.11. The summed E-state index contributed by atoms with van der Waals surface area (Å²) in [4.78, 5) is 0. The maximum absolute atomic E-state index is 3.26. The highest BCUT2D eigenvalue weighted by Gasteiger charge is 2.10. The monoisotopic (exact) mass is 131 g/mol. The molecule has 1 aliphatic carbocycles. The lowest BCUT2D eigenvalue weighted by Gasteiger charge is -2.03. The van der Waals surface area contributed by atoms with Crippen LogP contribution >= 0.6 is 0 Å². The van der Waals surface area contributed by atoms with Gasteiger partial charge in [0.25, 0.3) is 0 Å². The van der Waals surface area contributed by atoms with E-state index in [0.29, 0.717) is 0 Å². The third kappa shape index (κ3) is 1.97. The maximum atomic E-state index is 3.26. The molecule has 0 spiro atoms. The van der Waals surface area contributed by atoms with Gasteiger partial charge < -0.3 is 5.32 Å². The molecule has 0 aromatic rings. The quantitative estimate of drug-likeness (QED) is 0.482. The number of rotatable bonds is 1. The minimum atomic E-state index is 0. The van der Waals surface area contributed by atoms with E-state index in [1.54, 1.807) is 0 Å². The normalized spacial score (nSPS) is 20.6. The second-order valence-electron chi connectivity index (χ2n) is 2.27. The van der Waals surface area contributed by atoms with E-state index >= 15 is 0 Å². The van der Waals surface area contributed by atoms with Crippen LogP contribution in [0.2, 0.25) is 0 Å². The molecule has 1 rings (SSSR count). The van der Waals surface area contributed by atoms with Crippen molar-refractivity contribution in [3.05, 3.63) is 0 Å². The van der Waals surface area contributed by atoms with Gasteiger partial charge in [-0.2, -0.15) is 0 Å². The summed E-state index contributed by atoms with van der Waals surface area (Å²) in [6.07, 6.45) is 5.67. The molecule has 0 bridgehead atoms. The summed E-state index contributed by atoms with van der Waals surface area (Å²) in [5.74, 6) is 0. The zero-order valence-electron chi connectivity index (χ0n) is 4.91. The molecule has 0 radical (unpaired) electrons. The average Bonchev–Trinajstić information content (AvgIpc) is 2.14. The van der Waals surface area contributed by atoms with Crippen LogP contribution < -0.4 is 5.32 Å². The Labute approximate surface area is 55.9 Å². The number of hydrogen-bond acceptors (Lipinski definition) is 1. The predicted octanol–water partition coefficient (Wildman–Crippen LogP) is -0.303. The van der Waals surface area contributed by atoms with Crippen molar-refractivity contribution in [3.63, 3.8) is 0 Å². The molecule has 0 saturated heterocycles. The standard InChI is InChI=1S/C6H13N.H4Si/c1-7-6-4-2-3-5-6;/h6-7H,2-5H2,1H3;1H4. The fourth-order valence-corrected chi connectivity index (χ4v) is 1.21. The van der Waals surface area contributed by atoms with E-state index in [0.717, 1.165) is 6.04 Å². The molecule has 1 saturated carbocycles. The molecule has 1 N–H and O–H groups in total. The molecule has 0 aromatic carbocycles. The second-order valence-corrected chi connectivity index (χ2v) is 2.27. The summed E-state index contributed by atoms with van der Waals surface area (Å²) in [7, 11) is 2.05. The van der Waals surface area contributed by atoms with E-state index in [1.807, 2.05) is 0 Å². The van der Waals surface area contributed by atoms with Crippen LogP contribution in [0.4, 0.5) is 0 Å². The third-order valence-corrected chi connectivity index (χ3v) is 1.76. The van der Waals surface area contributed by atoms with E-state index < -0.39 is 0 Å². The van der Waals surface area contributed by atoms with Crippen molar-refractivity contribution in [2.45, 2.75) is 31.7 Å². The van der Waals surface area contributed by atoms with Gasteiger partial charge in [0.2, 0.25) is 0 Å². The fourth-order valence-electron chi connectivity index (χ4n) is 1.21. The Balaban J connectivity index is 0.000000490. The lowest BCUT2D eigenvalue weighted by Crippen LogP contribution is -2.20. The molecule has 0 atom stereocenters. The summed E-state index contributed by atoms with van der Waals surface area (Å²) in [5.41, 5.74) is 0. The molecule has 2 heteroatoms. The largest absolute Gasteiger partial charge is 0.317 e. The summed E-state index contributed by atoms with van der Waals surface area (Å²) in [5, 5.41) is 3.26. The van der Waals surface area contributed by atoms with Gasteiger partial charge in [-0.1, -0.05) is 12.8 Å². The van der Waals surface area contributed by atoms with Crippen LogP contribution in [0.1, 0.15) is 25.7 Å². The Bertz CT molecular complexity index is 50.5. The van der Waals surface area contributed by atoms with E-state index in [4.69, 9.17) is 0 Å². The van der Waals surface area contributed by atoms with Crippen LogP contribution in [-0.2, 0) is 0 Å². The molecular weight excluding hydrogens is 114 g/mol. The van der Waals surface area contributed by atoms with Crippen LogP contribution in [0.25, 0.3) is 0 Å². The van der Waals surface area contributed by atoms with Crippen molar-refractivity contribution in [3.8, 4) is 0 Å². The first kappa shape index (κ1) is 8.18. The molecule has 0 aromatic heterocycles. The fraction of sp³-hybridized carbons (Fsp3) is 1.00. The van der Waals surface area contributed by atoms with Gasteiger partial charge in [0.15, 0.2) is 0 Å². The first-order chi connectivity index (χ1) is 3.43. The Morgan fingerprint density at radius 2 is 1.75 bits per heavy atom. The van der Waals surface area contributed by atoms with Crippen LogP contribution in [0.5, 0.6) is 0 Å². The van der Waals surface area contributed by atoms with E-state index in [1.165, 1.54) is 25.7 Å². The molecule has 1 nitrogen and oxygen atoms in total.